The summed E-state index contributed by atoms with van der Waals surface area (Å²) in [6.07, 6.45) is 4.34. The van der Waals surface area contributed by atoms with E-state index < -0.39 is 0 Å². The molecule has 0 bridgehead atoms. The van der Waals surface area contributed by atoms with Crippen molar-refractivity contribution in [3.05, 3.63) is 0 Å². The van der Waals surface area contributed by atoms with Crippen LogP contribution in [-0.4, -0.2) is 39.8 Å². The first-order valence-electron chi connectivity index (χ1n) is 6.66. The highest BCUT2D eigenvalue weighted by Crippen LogP contribution is 2.23. The Morgan fingerprint density at radius 3 is 2.37 bits per heavy atom. The number of carbonyl (C=O) groups excluding carboxylic acids is 1. The lowest BCUT2D eigenvalue weighted by molar-refractivity contribution is -0.128. The smallest absolute Gasteiger partial charge is 0.233 e. The molecular weight excluding hydrogens is 280 g/mol. The van der Waals surface area contributed by atoms with Crippen LogP contribution in [0.2, 0.25) is 0 Å². The predicted molar refractivity (Wildman–Crippen MR) is 81.4 cm³/mol. The Bertz CT molecular complexity index is 376. The van der Waals surface area contributed by atoms with Gasteiger partial charge in [-0.05, 0) is 12.8 Å². The van der Waals surface area contributed by atoms with Gasteiger partial charge in [-0.15, -0.1) is 10.2 Å². The van der Waals surface area contributed by atoms with Gasteiger partial charge in [0.05, 0.1) is 5.75 Å². The molecule has 1 heterocycles. The van der Waals surface area contributed by atoms with Crippen LogP contribution in [0.25, 0.3) is 0 Å². The van der Waals surface area contributed by atoms with E-state index >= 15 is 0 Å². The molecule has 0 aliphatic heterocycles. The second-order valence-electron chi connectivity index (χ2n) is 4.28. The molecule has 5 nitrogen and oxygen atoms in total. The number of hydrogen-bond acceptors (Lipinski definition) is 6. The lowest BCUT2D eigenvalue weighted by atomic mass is 10.2. The zero-order chi connectivity index (χ0) is 14.1. The van der Waals surface area contributed by atoms with Gasteiger partial charge in [-0.1, -0.05) is 49.8 Å². The zero-order valence-electron chi connectivity index (χ0n) is 11.6. The van der Waals surface area contributed by atoms with Crippen LogP contribution in [0.1, 0.15) is 39.5 Å². The standard InChI is InChI=1S/C12H22N4OS2/c1-3-5-7-16(8-6-4-2)10(17)9-18-12-15-14-11(13)19-12/h3-9H2,1-2H3,(H2,13,14). The number of amides is 1. The third-order valence-electron chi connectivity index (χ3n) is 2.66. The fraction of sp³-hybridized carbons (Fsp3) is 0.750. The van der Waals surface area contributed by atoms with Crippen molar-refractivity contribution in [2.75, 3.05) is 24.6 Å². The minimum absolute atomic E-state index is 0.181. The highest BCUT2D eigenvalue weighted by Gasteiger charge is 2.14. The number of nitrogen functional groups attached to an aromatic ring is 1. The van der Waals surface area contributed by atoms with Gasteiger partial charge in [0, 0.05) is 13.1 Å². The van der Waals surface area contributed by atoms with Crippen molar-refractivity contribution in [2.45, 2.75) is 43.9 Å². The lowest BCUT2D eigenvalue weighted by Gasteiger charge is -2.22. The van der Waals surface area contributed by atoms with E-state index in [2.05, 4.69) is 24.0 Å². The molecule has 108 valence electrons. The Morgan fingerprint density at radius 2 is 1.89 bits per heavy atom. The number of anilines is 1. The Kier molecular flexibility index (Phi) is 7.81. The minimum atomic E-state index is 0.181. The molecule has 1 rings (SSSR count). The summed E-state index contributed by atoms with van der Waals surface area (Å²) in [4.78, 5) is 14.1. The van der Waals surface area contributed by atoms with Crippen molar-refractivity contribution in [2.24, 2.45) is 0 Å². The fourth-order valence-electron chi connectivity index (χ4n) is 1.55. The first kappa shape index (κ1) is 16.2. The van der Waals surface area contributed by atoms with Crippen LogP contribution in [0.4, 0.5) is 5.13 Å². The molecule has 2 N–H and O–H groups in total. The fourth-order valence-corrected chi connectivity index (χ4v) is 3.09. The van der Waals surface area contributed by atoms with Gasteiger partial charge >= 0.3 is 0 Å². The van der Waals surface area contributed by atoms with E-state index in [1.54, 1.807) is 0 Å². The van der Waals surface area contributed by atoms with Gasteiger partial charge in [0.2, 0.25) is 11.0 Å². The van der Waals surface area contributed by atoms with Gasteiger partial charge in [-0.3, -0.25) is 4.79 Å². The van der Waals surface area contributed by atoms with E-state index in [9.17, 15) is 4.79 Å². The van der Waals surface area contributed by atoms with E-state index in [0.29, 0.717) is 10.9 Å². The van der Waals surface area contributed by atoms with Crippen molar-refractivity contribution >= 4 is 34.1 Å². The number of nitrogens with two attached hydrogens (primary N) is 1. The third-order valence-corrected chi connectivity index (χ3v) is 4.53. The quantitative estimate of drug-likeness (QED) is 0.710. The highest BCUT2D eigenvalue weighted by atomic mass is 32.2. The van der Waals surface area contributed by atoms with Crippen LogP contribution in [0, 0.1) is 0 Å². The average molecular weight is 302 g/mol. The Hall–Kier alpha value is -0.820. The van der Waals surface area contributed by atoms with Gasteiger partial charge in [-0.25, -0.2) is 0 Å². The molecule has 0 spiro atoms. The highest BCUT2D eigenvalue weighted by molar-refractivity contribution is 8.01. The number of rotatable bonds is 9. The Labute approximate surface area is 123 Å². The van der Waals surface area contributed by atoms with Crippen molar-refractivity contribution in [3.63, 3.8) is 0 Å². The van der Waals surface area contributed by atoms with Crippen molar-refractivity contribution in [1.29, 1.82) is 0 Å². The number of carbonyl (C=O) groups is 1. The van der Waals surface area contributed by atoms with Crippen LogP contribution >= 0.6 is 23.1 Å². The second kappa shape index (κ2) is 9.14. The summed E-state index contributed by atoms with van der Waals surface area (Å²) in [5.74, 6) is 0.600. The van der Waals surface area contributed by atoms with E-state index in [0.717, 1.165) is 43.1 Å². The Morgan fingerprint density at radius 1 is 1.26 bits per heavy atom. The normalized spacial score (nSPS) is 10.6. The van der Waals surface area contributed by atoms with Crippen molar-refractivity contribution < 1.29 is 4.79 Å². The summed E-state index contributed by atoms with van der Waals surface area (Å²) in [7, 11) is 0. The van der Waals surface area contributed by atoms with Crippen molar-refractivity contribution in [1.82, 2.24) is 15.1 Å². The molecule has 0 atom stereocenters. The van der Waals surface area contributed by atoms with Gasteiger partial charge in [0.1, 0.15) is 0 Å². The molecule has 19 heavy (non-hydrogen) atoms. The van der Waals surface area contributed by atoms with Crippen LogP contribution in [0.15, 0.2) is 4.34 Å². The first-order valence-corrected chi connectivity index (χ1v) is 8.47. The SMILES string of the molecule is CCCCN(CCCC)C(=O)CSc1nnc(N)s1. The predicted octanol–water partition coefficient (Wildman–Crippen LogP) is 2.64. The van der Waals surface area contributed by atoms with Gasteiger partial charge < -0.3 is 10.6 Å². The summed E-state index contributed by atoms with van der Waals surface area (Å²) >= 11 is 2.74. The number of thioether (sulfide) groups is 1. The molecule has 0 saturated heterocycles. The maximum absolute atomic E-state index is 12.2. The van der Waals surface area contributed by atoms with Crippen LogP contribution in [0.3, 0.4) is 0 Å². The molecule has 0 fully saturated rings. The molecule has 7 heteroatoms. The number of nitrogens with zero attached hydrogens (tertiary/aromatic N) is 3. The second-order valence-corrected chi connectivity index (χ2v) is 6.51. The average Bonchev–Trinajstić information content (AvgIpc) is 2.82. The largest absolute Gasteiger partial charge is 0.374 e. The van der Waals surface area contributed by atoms with E-state index in [4.69, 9.17) is 5.73 Å². The summed E-state index contributed by atoms with van der Waals surface area (Å²) in [6, 6.07) is 0. The number of hydrogen-bond donors (Lipinski definition) is 1. The first-order chi connectivity index (χ1) is 9.17. The summed E-state index contributed by atoms with van der Waals surface area (Å²) < 4.78 is 0.761. The van der Waals surface area contributed by atoms with Gasteiger partial charge in [-0.2, -0.15) is 0 Å². The maximum Gasteiger partial charge on any atom is 0.233 e. The zero-order valence-corrected chi connectivity index (χ0v) is 13.2. The topological polar surface area (TPSA) is 72.1 Å². The molecule has 0 radical (unpaired) electrons. The van der Waals surface area contributed by atoms with Crippen LogP contribution < -0.4 is 5.73 Å². The minimum Gasteiger partial charge on any atom is -0.374 e. The molecule has 1 amide bonds. The molecule has 1 aromatic rings. The van der Waals surface area contributed by atoms with Crippen LogP contribution in [-0.2, 0) is 4.79 Å². The van der Waals surface area contributed by atoms with E-state index in [1.165, 1.54) is 23.1 Å². The number of unbranched alkanes of at least 4 members (excludes halogenated alkanes) is 2. The number of aromatic nitrogens is 2. The molecular formula is C12H22N4OS2. The van der Waals surface area contributed by atoms with Crippen molar-refractivity contribution in [3.8, 4) is 0 Å². The summed E-state index contributed by atoms with van der Waals surface area (Å²) in [5.41, 5.74) is 5.51. The van der Waals surface area contributed by atoms with E-state index in [-0.39, 0.29) is 5.91 Å². The monoisotopic (exact) mass is 302 g/mol. The lowest BCUT2D eigenvalue weighted by Crippen LogP contribution is -2.34. The van der Waals surface area contributed by atoms with E-state index in [1.807, 2.05) is 4.90 Å². The molecule has 0 aromatic carbocycles. The maximum atomic E-state index is 12.2. The Balaban J connectivity index is 2.41. The molecule has 0 unspecified atom stereocenters. The summed E-state index contributed by atoms with van der Waals surface area (Å²) in [6.45, 7) is 5.99. The van der Waals surface area contributed by atoms with Gasteiger partial charge in [0.25, 0.3) is 0 Å². The summed E-state index contributed by atoms with van der Waals surface area (Å²) in [5, 5.41) is 8.09. The van der Waals surface area contributed by atoms with Gasteiger partial charge in [0.15, 0.2) is 4.34 Å². The molecule has 0 aliphatic rings. The molecule has 0 saturated carbocycles. The molecule has 0 aliphatic carbocycles. The molecule has 1 aromatic heterocycles. The van der Waals surface area contributed by atoms with Crippen LogP contribution in [0.5, 0.6) is 0 Å². The third kappa shape index (κ3) is 6.24.